The van der Waals surface area contributed by atoms with Crippen molar-refractivity contribution in [2.45, 2.75) is 18.5 Å². The first-order chi connectivity index (χ1) is 8.08. The molecule has 2 rings (SSSR count). The summed E-state index contributed by atoms with van der Waals surface area (Å²) in [5, 5.41) is 10.1. The fourth-order valence-electron chi connectivity index (χ4n) is 1.35. The molecule has 2 N–H and O–H groups in total. The number of aromatic nitrogens is 4. The number of rotatable bonds is 5. The largest absolute Gasteiger partial charge is 0.271 e. The average Bonchev–Trinajstić information content (AvgIpc) is 2.89. The van der Waals surface area contributed by atoms with Crippen molar-refractivity contribution in [3.8, 4) is 0 Å². The molecule has 0 aliphatic rings. The molecule has 2 aromatic rings. The smallest absolute Gasteiger partial charge is 0.257 e. The monoisotopic (exact) mass is 255 g/mol. The second-order valence-corrected chi connectivity index (χ2v) is 5.33. The van der Waals surface area contributed by atoms with E-state index in [-0.39, 0.29) is 11.6 Å². The van der Waals surface area contributed by atoms with Gasteiger partial charge in [0.2, 0.25) is 0 Å². The van der Waals surface area contributed by atoms with Gasteiger partial charge in [0, 0.05) is 12.7 Å². The molecule has 7 nitrogen and oxygen atoms in total. The van der Waals surface area contributed by atoms with Crippen molar-refractivity contribution >= 4 is 10.0 Å². The van der Waals surface area contributed by atoms with Gasteiger partial charge >= 0.3 is 0 Å². The highest BCUT2D eigenvalue weighted by molar-refractivity contribution is 7.89. The van der Waals surface area contributed by atoms with Crippen LogP contribution in [-0.4, -0.2) is 34.9 Å². The number of hydrogen-bond acceptors (Lipinski definition) is 4. The van der Waals surface area contributed by atoms with Crippen LogP contribution in [0.15, 0.2) is 29.7 Å². The van der Waals surface area contributed by atoms with Gasteiger partial charge in [0.25, 0.3) is 10.0 Å². The molecule has 0 spiro atoms. The highest BCUT2D eigenvalue weighted by Crippen LogP contribution is 2.01. The van der Waals surface area contributed by atoms with Gasteiger partial charge in [-0.05, 0) is 18.6 Å². The van der Waals surface area contributed by atoms with Gasteiger partial charge in [-0.1, -0.05) is 0 Å². The maximum atomic E-state index is 11.7. The van der Waals surface area contributed by atoms with Crippen molar-refractivity contribution in [3.05, 3.63) is 30.2 Å². The molecule has 2 heterocycles. The lowest BCUT2D eigenvalue weighted by Crippen LogP contribution is -2.27. The van der Waals surface area contributed by atoms with E-state index in [9.17, 15) is 8.42 Å². The topological polar surface area (TPSA) is 92.7 Å². The minimum absolute atomic E-state index is 0.0640. The molecular formula is C9H13N5O2S. The molecule has 0 atom stereocenters. The zero-order valence-corrected chi connectivity index (χ0v) is 10.1. The lowest BCUT2D eigenvalue weighted by atomic mass is 10.4. The molecule has 0 saturated carbocycles. The van der Waals surface area contributed by atoms with Crippen LogP contribution in [0.3, 0.4) is 0 Å². The molecule has 17 heavy (non-hydrogen) atoms. The zero-order valence-electron chi connectivity index (χ0n) is 9.29. The molecule has 0 fully saturated rings. The zero-order chi connectivity index (χ0) is 12.3. The molecule has 0 saturated heterocycles. The Kier molecular flexibility index (Phi) is 3.25. The number of H-pyrrole nitrogens is 1. The van der Waals surface area contributed by atoms with E-state index in [1.54, 1.807) is 10.9 Å². The van der Waals surface area contributed by atoms with Crippen LogP contribution in [0, 0.1) is 6.92 Å². The number of aryl methyl sites for hydroxylation is 1. The van der Waals surface area contributed by atoms with E-state index >= 15 is 0 Å². The molecule has 92 valence electrons. The summed E-state index contributed by atoms with van der Waals surface area (Å²) in [6.07, 6.45) is 4.97. The van der Waals surface area contributed by atoms with E-state index in [2.05, 4.69) is 20.0 Å². The van der Waals surface area contributed by atoms with Crippen LogP contribution in [0.25, 0.3) is 0 Å². The second kappa shape index (κ2) is 4.68. The molecule has 0 aliphatic heterocycles. The predicted octanol–water partition coefficient (Wildman–Crippen LogP) is -0.107. The van der Waals surface area contributed by atoms with Crippen molar-refractivity contribution in [1.29, 1.82) is 0 Å². The van der Waals surface area contributed by atoms with Gasteiger partial charge in [-0.25, -0.2) is 13.1 Å². The van der Waals surface area contributed by atoms with Gasteiger partial charge in [-0.3, -0.25) is 9.78 Å². The number of nitrogens with zero attached hydrogens (tertiary/aromatic N) is 3. The van der Waals surface area contributed by atoms with Crippen molar-refractivity contribution < 1.29 is 8.42 Å². The molecule has 0 unspecified atom stereocenters. The number of hydrogen-bond donors (Lipinski definition) is 2. The molecule has 0 aromatic carbocycles. The van der Waals surface area contributed by atoms with Gasteiger partial charge in [0.15, 0.2) is 5.03 Å². The van der Waals surface area contributed by atoms with Crippen LogP contribution in [-0.2, 0) is 16.6 Å². The molecule has 0 aliphatic carbocycles. The molecule has 2 aromatic heterocycles. The van der Waals surface area contributed by atoms with Crippen molar-refractivity contribution in [1.82, 2.24) is 24.7 Å². The summed E-state index contributed by atoms with van der Waals surface area (Å²) < 4.78 is 27.5. The van der Waals surface area contributed by atoms with E-state index in [1.165, 1.54) is 12.3 Å². The highest BCUT2D eigenvalue weighted by Gasteiger charge is 2.14. The SMILES string of the molecule is Cc1cnn(CCNS(=O)(=O)c2ccn[nH]2)c1. The lowest BCUT2D eigenvalue weighted by Gasteiger charge is -2.04. The Labute approximate surface area is 98.9 Å². The minimum Gasteiger partial charge on any atom is -0.271 e. The van der Waals surface area contributed by atoms with E-state index in [1.807, 2.05) is 13.1 Å². The Morgan fingerprint density at radius 1 is 1.53 bits per heavy atom. The molecule has 0 radical (unpaired) electrons. The number of sulfonamides is 1. The fourth-order valence-corrected chi connectivity index (χ4v) is 2.28. The van der Waals surface area contributed by atoms with Gasteiger partial charge in [-0.2, -0.15) is 10.2 Å². The summed E-state index contributed by atoms with van der Waals surface area (Å²) in [5.41, 5.74) is 1.04. The maximum Gasteiger partial charge on any atom is 0.257 e. The quantitative estimate of drug-likeness (QED) is 0.780. The molecule has 0 bridgehead atoms. The lowest BCUT2D eigenvalue weighted by molar-refractivity contribution is 0.557. The Hall–Kier alpha value is -1.67. The molecular weight excluding hydrogens is 242 g/mol. The van der Waals surface area contributed by atoms with Crippen LogP contribution in [0.5, 0.6) is 0 Å². The Balaban J connectivity index is 1.91. The summed E-state index contributed by atoms with van der Waals surface area (Å²) in [6.45, 7) is 2.70. The predicted molar refractivity (Wildman–Crippen MR) is 60.7 cm³/mol. The number of aromatic amines is 1. The summed E-state index contributed by atoms with van der Waals surface area (Å²) in [6, 6.07) is 1.40. The Morgan fingerprint density at radius 2 is 2.35 bits per heavy atom. The van der Waals surface area contributed by atoms with Crippen LogP contribution in [0.1, 0.15) is 5.56 Å². The van der Waals surface area contributed by atoms with Crippen molar-refractivity contribution in [2.24, 2.45) is 0 Å². The van der Waals surface area contributed by atoms with Crippen LogP contribution in [0.4, 0.5) is 0 Å². The maximum absolute atomic E-state index is 11.7. The first kappa shape index (κ1) is 11.8. The van der Waals surface area contributed by atoms with Gasteiger partial charge in [-0.15, -0.1) is 0 Å². The summed E-state index contributed by atoms with van der Waals surface area (Å²) >= 11 is 0. The molecule has 0 amide bonds. The van der Waals surface area contributed by atoms with Gasteiger partial charge in [0.05, 0.1) is 18.9 Å². The van der Waals surface area contributed by atoms with Crippen molar-refractivity contribution in [3.63, 3.8) is 0 Å². The average molecular weight is 255 g/mol. The third-order valence-corrected chi connectivity index (χ3v) is 3.55. The van der Waals surface area contributed by atoms with Gasteiger partial charge < -0.3 is 0 Å². The summed E-state index contributed by atoms with van der Waals surface area (Å²) in [7, 11) is -3.49. The standard InChI is InChI=1S/C9H13N5O2S/c1-8-6-11-14(7-8)5-4-12-17(15,16)9-2-3-10-13-9/h2-3,6-7,12H,4-5H2,1H3,(H,10,13). The first-order valence-electron chi connectivity index (χ1n) is 5.06. The van der Waals surface area contributed by atoms with Crippen LogP contribution >= 0.6 is 0 Å². The normalized spacial score (nSPS) is 11.8. The summed E-state index contributed by atoms with van der Waals surface area (Å²) in [5.74, 6) is 0. The first-order valence-corrected chi connectivity index (χ1v) is 6.54. The third-order valence-electron chi connectivity index (χ3n) is 2.16. The van der Waals surface area contributed by atoms with Gasteiger partial charge in [0.1, 0.15) is 0 Å². The van der Waals surface area contributed by atoms with E-state index in [4.69, 9.17) is 0 Å². The third kappa shape index (κ3) is 2.92. The fraction of sp³-hybridized carbons (Fsp3) is 0.333. The number of nitrogens with one attached hydrogen (secondary N) is 2. The Bertz CT molecular complexity index is 572. The van der Waals surface area contributed by atoms with Crippen LogP contribution in [0.2, 0.25) is 0 Å². The van der Waals surface area contributed by atoms with E-state index in [0.717, 1.165) is 5.56 Å². The minimum atomic E-state index is -3.49. The van der Waals surface area contributed by atoms with E-state index < -0.39 is 10.0 Å². The molecule has 8 heteroatoms. The Morgan fingerprint density at radius 3 is 2.94 bits per heavy atom. The van der Waals surface area contributed by atoms with Crippen LogP contribution < -0.4 is 4.72 Å². The highest BCUT2D eigenvalue weighted by atomic mass is 32.2. The van der Waals surface area contributed by atoms with E-state index in [0.29, 0.717) is 6.54 Å². The second-order valence-electron chi connectivity index (χ2n) is 3.60. The summed E-state index contributed by atoms with van der Waals surface area (Å²) in [4.78, 5) is 0. The van der Waals surface area contributed by atoms with Crippen molar-refractivity contribution in [2.75, 3.05) is 6.54 Å².